The third kappa shape index (κ3) is 4.13. The minimum absolute atomic E-state index is 0. The van der Waals surface area contributed by atoms with Gasteiger partial charge in [0.2, 0.25) is 5.91 Å². The lowest BCUT2D eigenvalue weighted by atomic mass is 9.97. The van der Waals surface area contributed by atoms with E-state index in [0.717, 1.165) is 40.7 Å². The van der Waals surface area contributed by atoms with Gasteiger partial charge < -0.3 is 15.4 Å². The van der Waals surface area contributed by atoms with Crippen LogP contribution in [0.2, 0.25) is 0 Å². The van der Waals surface area contributed by atoms with Crippen molar-refractivity contribution >= 4 is 29.1 Å². The van der Waals surface area contributed by atoms with Crippen LogP contribution in [-0.4, -0.2) is 13.0 Å². The van der Waals surface area contributed by atoms with Crippen molar-refractivity contribution in [2.45, 2.75) is 32.5 Å². The zero-order chi connectivity index (χ0) is 18.8. The Balaban J connectivity index is 0.00000225. The molecule has 1 heterocycles. The van der Waals surface area contributed by atoms with Crippen LogP contribution < -0.4 is 15.4 Å². The van der Waals surface area contributed by atoms with Crippen LogP contribution in [0.15, 0.2) is 54.6 Å². The second-order valence-corrected chi connectivity index (χ2v) is 7.12. The molecule has 3 aromatic carbocycles. The number of fused-ring (bicyclic) bond motifs is 2. The van der Waals surface area contributed by atoms with Crippen molar-refractivity contribution < 1.29 is 9.53 Å². The molecule has 146 valence electrons. The molecule has 1 aliphatic rings. The molecule has 4 rings (SSSR count). The van der Waals surface area contributed by atoms with Crippen LogP contribution in [0.3, 0.4) is 0 Å². The Labute approximate surface area is 171 Å². The molecule has 0 spiro atoms. The second kappa shape index (κ2) is 8.63. The van der Waals surface area contributed by atoms with Gasteiger partial charge in [0.15, 0.2) is 0 Å². The van der Waals surface area contributed by atoms with E-state index in [0.29, 0.717) is 6.54 Å². The standard InChI is InChI=1S/C23H24N2O2.ClH/c1-15(17-5-6-19-11-22(27-2)8-7-18(19)10-17)23(26)25-12-16-3-4-20-13-24-14-21(20)9-16;/h3-11,15,24H,12-14H2,1-2H3,(H,25,26);1H. The highest BCUT2D eigenvalue weighted by Gasteiger charge is 2.16. The summed E-state index contributed by atoms with van der Waals surface area (Å²) in [5.41, 5.74) is 4.85. The predicted molar refractivity (Wildman–Crippen MR) is 115 cm³/mol. The van der Waals surface area contributed by atoms with Gasteiger partial charge in [-0.3, -0.25) is 4.79 Å². The summed E-state index contributed by atoms with van der Waals surface area (Å²) in [6.45, 7) is 4.36. The molecule has 0 radical (unpaired) electrons. The molecular formula is C23H25ClN2O2. The van der Waals surface area contributed by atoms with E-state index in [9.17, 15) is 4.79 Å². The van der Waals surface area contributed by atoms with Gasteiger partial charge in [0.25, 0.3) is 0 Å². The van der Waals surface area contributed by atoms with Crippen molar-refractivity contribution in [3.8, 4) is 5.75 Å². The first kappa shape index (κ1) is 20.2. The first-order valence-corrected chi connectivity index (χ1v) is 9.31. The highest BCUT2D eigenvalue weighted by atomic mass is 35.5. The molecule has 0 aliphatic carbocycles. The quantitative estimate of drug-likeness (QED) is 0.676. The Morgan fingerprint density at radius 2 is 1.79 bits per heavy atom. The number of methoxy groups -OCH3 is 1. The van der Waals surface area contributed by atoms with Crippen LogP contribution >= 0.6 is 12.4 Å². The highest BCUT2D eigenvalue weighted by molar-refractivity contribution is 5.88. The molecule has 5 heteroatoms. The van der Waals surface area contributed by atoms with Gasteiger partial charge in [-0.25, -0.2) is 0 Å². The summed E-state index contributed by atoms with van der Waals surface area (Å²) in [5.74, 6) is 0.680. The van der Waals surface area contributed by atoms with Gasteiger partial charge in [0, 0.05) is 19.6 Å². The van der Waals surface area contributed by atoms with Crippen molar-refractivity contribution in [2.75, 3.05) is 7.11 Å². The van der Waals surface area contributed by atoms with E-state index in [4.69, 9.17) is 4.74 Å². The number of amides is 1. The van der Waals surface area contributed by atoms with Gasteiger partial charge in [-0.15, -0.1) is 12.4 Å². The van der Waals surface area contributed by atoms with Crippen LogP contribution in [-0.2, 0) is 24.4 Å². The minimum Gasteiger partial charge on any atom is -0.497 e. The molecule has 0 aromatic heterocycles. The summed E-state index contributed by atoms with van der Waals surface area (Å²) in [4.78, 5) is 12.6. The van der Waals surface area contributed by atoms with E-state index in [1.165, 1.54) is 11.1 Å². The number of carbonyl (C=O) groups is 1. The molecule has 0 saturated heterocycles. The third-order valence-corrected chi connectivity index (χ3v) is 5.33. The first-order valence-electron chi connectivity index (χ1n) is 9.31. The van der Waals surface area contributed by atoms with E-state index in [1.54, 1.807) is 7.11 Å². The van der Waals surface area contributed by atoms with E-state index in [2.05, 4.69) is 34.9 Å². The van der Waals surface area contributed by atoms with Gasteiger partial charge >= 0.3 is 0 Å². The Morgan fingerprint density at radius 1 is 1.04 bits per heavy atom. The molecule has 1 amide bonds. The molecule has 1 atom stereocenters. The average molecular weight is 397 g/mol. The number of halogens is 1. The predicted octanol–water partition coefficient (Wildman–Crippen LogP) is 4.29. The second-order valence-electron chi connectivity index (χ2n) is 7.12. The lowest BCUT2D eigenvalue weighted by Gasteiger charge is -2.14. The van der Waals surface area contributed by atoms with Gasteiger partial charge in [0.05, 0.1) is 13.0 Å². The number of hydrogen-bond donors (Lipinski definition) is 2. The Hall–Kier alpha value is -2.56. The topological polar surface area (TPSA) is 50.4 Å². The summed E-state index contributed by atoms with van der Waals surface area (Å²) < 4.78 is 5.27. The fourth-order valence-corrected chi connectivity index (χ4v) is 3.59. The Kier molecular flexibility index (Phi) is 6.22. The van der Waals surface area contributed by atoms with Crippen molar-refractivity contribution in [3.05, 3.63) is 76.9 Å². The van der Waals surface area contributed by atoms with E-state index in [-0.39, 0.29) is 24.2 Å². The summed E-state index contributed by atoms with van der Waals surface area (Å²) in [7, 11) is 1.67. The van der Waals surface area contributed by atoms with Crippen molar-refractivity contribution in [1.82, 2.24) is 10.6 Å². The fourth-order valence-electron chi connectivity index (χ4n) is 3.59. The van der Waals surface area contributed by atoms with Crippen LogP contribution in [0.25, 0.3) is 10.8 Å². The maximum absolute atomic E-state index is 12.6. The smallest absolute Gasteiger partial charge is 0.227 e. The molecule has 0 fully saturated rings. The summed E-state index contributed by atoms with van der Waals surface area (Å²) in [6.07, 6.45) is 0. The van der Waals surface area contributed by atoms with Gasteiger partial charge in [-0.1, -0.05) is 42.5 Å². The Morgan fingerprint density at radius 3 is 2.61 bits per heavy atom. The Bertz CT molecular complexity index is 1000. The van der Waals surface area contributed by atoms with E-state index in [1.807, 2.05) is 37.3 Å². The third-order valence-electron chi connectivity index (χ3n) is 5.33. The number of nitrogens with one attached hydrogen (secondary N) is 2. The zero-order valence-corrected chi connectivity index (χ0v) is 16.9. The van der Waals surface area contributed by atoms with E-state index >= 15 is 0 Å². The van der Waals surface area contributed by atoms with Crippen molar-refractivity contribution in [3.63, 3.8) is 0 Å². The number of carbonyl (C=O) groups excluding carboxylic acids is 1. The normalized spacial score (nSPS) is 13.5. The van der Waals surface area contributed by atoms with Crippen molar-refractivity contribution in [2.24, 2.45) is 0 Å². The maximum atomic E-state index is 12.6. The van der Waals surface area contributed by atoms with Crippen molar-refractivity contribution in [1.29, 1.82) is 0 Å². The summed E-state index contributed by atoms with van der Waals surface area (Å²) >= 11 is 0. The maximum Gasteiger partial charge on any atom is 0.227 e. The lowest BCUT2D eigenvalue weighted by Crippen LogP contribution is -2.27. The molecular weight excluding hydrogens is 372 g/mol. The molecule has 28 heavy (non-hydrogen) atoms. The molecule has 4 nitrogen and oxygen atoms in total. The molecule has 1 aliphatic heterocycles. The number of benzene rings is 3. The van der Waals surface area contributed by atoms with Gasteiger partial charge in [-0.05, 0) is 52.1 Å². The zero-order valence-electron chi connectivity index (χ0n) is 16.1. The molecule has 3 aromatic rings. The fraction of sp³-hybridized carbons (Fsp3) is 0.261. The molecule has 2 N–H and O–H groups in total. The number of hydrogen-bond acceptors (Lipinski definition) is 3. The molecule has 1 unspecified atom stereocenters. The van der Waals surface area contributed by atoms with Gasteiger partial charge in [-0.2, -0.15) is 0 Å². The largest absolute Gasteiger partial charge is 0.497 e. The summed E-state index contributed by atoms with van der Waals surface area (Å²) in [5, 5.41) is 8.64. The average Bonchev–Trinajstić information content (AvgIpc) is 3.18. The highest BCUT2D eigenvalue weighted by Crippen LogP contribution is 2.25. The van der Waals surface area contributed by atoms with Crippen LogP contribution in [0.4, 0.5) is 0 Å². The number of rotatable bonds is 5. The first-order chi connectivity index (χ1) is 13.1. The van der Waals surface area contributed by atoms with E-state index < -0.39 is 0 Å². The van der Waals surface area contributed by atoms with Gasteiger partial charge in [0.1, 0.15) is 5.75 Å². The lowest BCUT2D eigenvalue weighted by molar-refractivity contribution is -0.122. The SMILES string of the molecule is COc1ccc2cc(C(C)C(=O)NCc3ccc4c(c3)CNC4)ccc2c1.Cl. The van der Waals surface area contributed by atoms with Crippen LogP contribution in [0.5, 0.6) is 5.75 Å². The monoisotopic (exact) mass is 396 g/mol. The molecule has 0 saturated carbocycles. The van der Waals surface area contributed by atoms with Crippen LogP contribution in [0.1, 0.15) is 35.1 Å². The summed E-state index contributed by atoms with van der Waals surface area (Å²) in [6, 6.07) is 18.6. The number of ether oxygens (including phenoxy) is 1. The molecule has 0 bridgehead atoms. The van der Waals surface area contributed by atoms with Crippen LogP contribution in [0, 0.1) is 0 Å². The minimum atomic E-state index is -0.201.